The van der Waals surface area contributed by atoms with Crippen molar-refractivity contribution < 1.29 is 14.3 Å². The summed E-state index contributed by atoms with van der Waals surface area (Å²) in [6.45, 7) is 0. The standard InChI is InChI=1S/C12H7BrFNO2S/c13-9-6-15-4-3-11(9)18-7-1-2-10(14)8(5-7)12(16)17/h1-6H,(H,16,17). The van der Waals surface area contributed by atoms with Gasteiger partial charge in [0, 0.05) is 26.7 Å². The Bertz CT molecular complexity index is 606. The lowest BCUT2D eigenvalue weighted by molar-refractivity contribution is 0.0691. The summed E-state index contributed by atoms with van der Waals surface area (Å²) in [4.78, 5) is 16.3. The van der Waals surface area contributed by atoms with E-state index in [1.165, 1.54) is 17.8 Å². The van der Waals surface area contributed by atoms with Gasteiger partial charge in [-0.3, -0.25) is 4.98 Å². The molecule has 92 valence electrons. The molecule has 1 N–H and O–H groups in total. The molecule has 0 saturated carbocycles. The minimum absolute atomic E-state index is 0.329. The maximum atomic E-state index is 13.2. The molecule has 6 heteroatoms. The number of hydrogen-bond donors (Lipinski definition) is 1. The van der Waals surface area contributed by atoms with E-state index in [9.17, 15) is 9.18 Å². The van der Waals surface area contributed by atoms with Gasteiger partial charge < -0.3 is 5.11 Å². The predicted octanol–water partition coefficient (Wildman–Crippen LogP) is 3.83. The molecule has 0 aliphatic heterocycles. The van der Waals surface area contributed by atoms with Crippen LogP contribution in [0.25, 0.3) is 0 Å². The van der Waals surface area contributed by atoms with E-state index in [2.05, 4.69) is 20.9 Å². The highest BCUT2D eigenvalue weighted by Gasteiger charge is 2.12. The summed E-state index contributed by atoms with van der Waals surface area (Å²) < 4.78 is 14.0. The van der Waals surface area contributed by atoms with E-state index in [0.717, 1.165) is 15.4 Å². The Kier molecular flexibility index (Phi) is 3.98. The second kappa shape index (κ2) is 5.49. The van der Waals surface area contributed by atoms with Crippen molar-refractivity contribution in [3.05, 3.63) is 52.5 Å². The molecule has 0 atom stereocenters. The minimum Gasteiger partial charge on any atom is -0.478 e. The van der Waals surface area contributed by atoms with Gasteiger partial charge in [0.1, 0.15) is 5.82 Å². The van der Waals surface area contributed by atoms with Crippen molar-refractivity contribution in [3.8, 4) is 0 Å². The summed E-state index contributed by atoms with van der Waals surface area (Å²) in [7, 11) is 0. The molecule has 0 fully saturated rings. The van der Waals surface area contributed by atoms with Crippen LogP contribution in [-0.4, -0.2) is 16.1 Å². The average molecular weight is 328 g/mol. The first kappa shape index (κ1) is 13.0. The second-order valence-corrected chi connectivity index (χ2v) is 5.32. The van der Waals surface area contributed by atoms with Gasteiger partial charge in [0.2, 0.25) is 0 Å². The van der Waals surface area contributed by atoms with Crippen LogP contribution in [0.5, 0.6) is 0 Å². The third-order valence-electron chi connectivity index (χ3n) is 2.13. The zero-order chi connectivity index (χ0) is 13.1. The quantitative estimate of drug-likeness (QED) is 0.930. The Balaban J connectivity index is 2.33. The maximum Gasteiger partial charge on any atom is 0.338 e. The largest absolute Gasteiger partial charge is 0.478 e. The van der Waals surface area contributed by atoms with Crippen molar-refractivity contribution in [3.63, 3.8) is 0 Å². The molecule has 1 aromatic carbocycles. The molecule has 1 aromatic heterocycles. The summed E-state index contributed by atoms with van der Waals surface area (Å²) in [6, 6.07) is 5.80. The van der Waals surface area contributed by atoms with Crippen LogP contribution in [0.2, 0.25) is 0 Å². The third-order valence-corrected chi connectivity index (χ3v) is 4.09. The lowest BCUT2D eigenvalue weighted by atomic mass is 10.2. The van der Waals surface area contributed by atoms with Crippen LogP contribution in [0, 0.1) is 5.82 Å². The molecule has 0 unspecified atom stereocenters. The Morgan fingerprint density at radius 1 is 1.39 bits per heavy atom. The fourth-order valence-corrected chi connectivity index (χ4v) is 2.64. The summed E-state index contributed by atoms with van der Waals surface area (Å²) in [5, 5.41) is 8.84. The number of nitrogens with zero attached hydrogens (tertiary/aromatic N) is 1. The van der Waals surface area contributed by atoms with Crippen LogP contribution in [0.15, 0.2) is 50.9 Å². The molecule has 0 aliphatic rings. The summed E-state index contributed by atoms with van der Waals surface area (Å²) in [6.07, 6.45) is 3.28. The number of aromatic carboxylic acids is 1. The van der Waals surface area contributed by atoms with Gasteiger partial charge in [0.15, 0.2) is 0 Å². The van der Waals surface area contributed by atoms with Gasteiger partial charge in [0.25, 0.3) is 0 Å². The number of rotatable bonds is 3. The molecule has 0 amide bonds. The van der Waals surface area contributed by atoms with Crippen LogP contribution in [0.1, 0.15) is 10.4 Å². The lowest BCUT2D eigenvalue weighted by Gasteiger charge is -2.05. The third kappa shape index (κ3) is 2.88. The van der Waals surface area contributed by atoms with Crippen LogP contribution in [0.4, 0.5) is 4.39 Å². The molecule has 2 aromatic rings. The summed E-state index contributed by atoms with van der Waals surface area (Å²) in [5.74, 6) is -2.01. The van der Waals surface area contributed by atoms with Gasteiger partial charge in [-0.25, -0.2) is 9.18 Å². The minimum atomic E-state index is -1.27. The van der Waals surface area contributed by atoms with E-state index in [1.807, 2.05) is 0 Å². The van der Waals surface area contributed by atoms with Crippen LogP contribution < -0.4 is 0 Å². The van der Waals surface area contributed by atoms with E-state index in [-0.39, 0.29) is 5.56 Å². The molecule has 1 heterocycles. The SMILES string of the molecule is O=C(O)c1cc(Sc2ccncc2Br)ccc1F. The van der Waals surface area contributed by atoms with Gasteiger partial charge in [-0.1, -0.05) is 11.8 Å². The molecule has 0 saturated heterocycles. The summed E-state index contributed by atoms with van der Waals surface area (Å²) >= 11 is 4.68. The first-order valence-corrected chi connectivity index (χ1v) is 6.49. The Hall–Kier alpha value is -1.40. The number of carboxylic acid groups (broad SMARTS) is 1. The van der Waals surface area contributed by atoms with E-state index >= 15 is 0 Å². The average Bonchev–Trinajstić information content (AvgIpc) is 2.34. The number of carboxylic acids is 1. The number of aromatic nitrogens is 1. The van der Waals surface area contributed by atoms with Crippen molar-refractivity contribution in [2.75, 3.05) is 0 Å². The number of hydrogen-bond acceptors (Lipinski definition) is 3. The molecule has 0 bridgehead atoms. The van der Waals surface area contributed by atoms with Crippen LogP contribution >= 0.6 is 27.7 Å². The van der Waals surface area contributed by atoms with Crippen LogP contribution in [0.3, 0.4) is 0 Å². The predicted molar refractivity (Wildman–Crippen MR) is 69.4 cm³/mol. The zero-order valence-electron chi connectivity index (χ0n) is 8.93. The monoisotopic (exact) mass is 327 g/mol. The molecular weight excluding hydrogens is 321 g/mol. The van der Waals surface area contributed by atoms with Crippen molar-refractivity contribution in [2.45, 2.75) is 9.79 Å². The molecule has 0 radical (unpaired) electrons. The van der Waals surface area contributed by atoms with Gasteiger partial charge in [-0.2, -0.15) is 0 Å². The molecular formula is C12H7BrFNO2S. The Labute approximate surface area is 115 Å². The van der Waals surface area contributed by atoms with Crippen molar-refractivity contribution in [2.24, 2.45) is 0 Å². The molecule has 0 spiro atoms. The Morgan fingerprint density at radius 3 is 2.83 bits per heavy atom. The highest BCUT2D eigenvalue weighted by molar-refractivity contribution is 9.10. The molecule has 3 nitrogen and oxygen atoms in total. The van der Waals surface area contributed by atoms with Gasteiger partial charge in [0.05, 0.1) is 5.56 Å². The van der Waals surface area contributed by atoms with E-state index < -0.39 is 11.8 Å². The van der Waals surface area contributed by atoms with Crippen molar-refractivity contribution in [1.82, 2.24) is 4.98 Å². The molecule has 2 rings (SSSR count). The van der Waals surface area contributed by atoms with E-state index in [1.54, 1.807) is 24.5 Å². The fourth-order valence-electron chi connectivity index (χ4n) is 1.30. The van der Waals surface area contributed by atoms with Crippen molar-refractivity contribution in [1.29, 1.82) is 0 Å². The van der Waals surface area contributed by atoms with Gasteiger partial charge >= 0.3 is 5.97 Å². The normalized spacial score (nSPS) is 10.3. The number of carbonyl (C=O) groups is 1. The maximum absolute atomic E-state index is 13.2. The fraction of sp³-hybridized carbons (Fsp3) is 0. The topological polar surface area (TPSA) is 50.2 Å². The van der Waals surface area contributed by atoms with E-state index in [4.69, 9.17) is 5.11 Å². The van der Waals surface area contributed by atoms with Gasteiger partial charge in [-0.15, -0.1) is 0 Å². The number of benzene rings is 1. The van der Waals surface area contributed by atoms with Crippen LogP contribution in [-0.2, 0) is 0 Å². The van der Waals surface area contributed by atoms with E-state index in [0.29, 0.717) is 4.90 Å². The molecule has 0 aliphatic carbocycles. The first-order valence-electron chi connectivity index (χ1n) is 4.88. The summed E-state index contributed by atoms with van der Waals surface area (Å²) in [5.41, 5.74) is -0.329. The Morgan fingerprint density at radius 2 is 2.17 bits per heavy atom. The van der Waals surface area contributed by atoms with Gasteiger partial charge in [-0.05, 0) is 40.2 Å². The highest BCUT2D eigenvalue weighted by atomic mass is 79.9. The smallest absolute Gasteiger partial charge is 0.338 e. The zero-order valence-corrected chi connectivity index (χ0v) is 11.3. The van der Waals surface area contributed by atoms with Crippen molar-refractivity contribution >= 4 is 33.7 Å². The second-order valence-electron chi connectivity index (χ2n) is 3.35. The number of halogens is 2. The highest BCUT2D eigenvalue weighted by Crippen LogP contribution is 2.33. The molecule has 18 heavy (non-hydrogen) atoms. The lowest BCUT2D eigenvalue weighted by Crippen LogP contribution is -2.00. The first-order chi connectivity index (χ1) is 8.58. The number of pyridine rings is 1.